The maximum Gasteiger partial charge on any atom is 0.433 e. The van der Waals surface area contributed by atoms with Crippen LogP contribution in [0.1, 0.15) is 17.3 Å². The summed E-state index contributed by atoms with van der Waals surface area (Å²) in [5.74, 6) is -0.0194. The van der Waals surface area contributed by atoms with Crippen LogP contribution in [-0.4, -0.2) is 23.8 Å². The van der Waals surface area contributed by atoms with Crippen molar-refractivity contribution in [2.24, 2.45) is 7.05 Å². The number of fused-ring (bicyclic) bond motifs is 1. The fourth-order valence-corrected chi connectivity index (χ4v) is 3.98. The predicted molar refractivity (Wildman–Crippen MR) is 131 cm³/mol. The lowest BCUT2D eigenvalue weighted by Crippen LogP contribution is -2.28. The van der Waals surface area contributed by atoms with Gasteiger partial charge in [-0.25, -0.2) is 9.67 Å². The molecular formula is C25H19N5O5. The fourth-order valence-electron chi connectivity index (χ4n) is 3.98. The molecule has 3 aromatic heterocycles. The molecule has 0 amide bonds. The van der Waals surface area contributed by atoms with E-state index in [9.17, 15) is 19.7 Å². The molecule has 10 nitrogen and oxygen atoms in total. The first-order valence-electron chi connectivity index (χ1n) is 10.7. The summed E-state index contributed by atoms with van der Waals surface area (Å²) in [5, 5.41) is 11.3. The van der Waals surface area contributed by atoms with E-state index in [1.807, 2.05) is 18.2 Å². The van der Waals surface area contributed by atoms with Crippen molar-refractivity contribution in [3.63, 3.8) is 0 Å². The molecule has 0 N–H and O–H groups in total. The summed E-state index contributed by atoms with van der Waals surface area (Å²) in [5.41, 5.74) is 1.02. The quantitative estimate of drug-likeness (QED) is 0.285. The summed E-state index contributed by atoms with van der Waals surface area (Å²) in [6, 6.07) is 18.6. The molecule has 0 unspecified atom stereocenters. The van der Waals surface area contributed by atoms with Crippen LogP contribution in [0.15, 0.2) is 80.7 Å². The Kier molecular flexibility index (Phi) is 5.25. The molecule has 0 saturated carbocycles. The molecule has 35 heavy (non-hydrogen) atoms. The Balaban J connectivity index is 1.77. The van der Waals surface area contributed by atoms with E-state index in [1.165, 1.54) is 33.5 Å². The van der Waals surface area contributed by atoms with Crippen molar-refractivity contribution in [3.8, 4) is 11.4 Å². The highest BCUT2D eigenvalue weighted by Crippen LogP contribution is 2.20. The first-order chi connectivity index (χ1) is 16.9. The van der Waals surface area contributed by atoms with E-state index in [1.54, 1.807) is 55.1 Å². The molecule has 3 heterocycles. The Labute approximate surface area is 197 Å². The minimum absolute atomic E-state index is 0.157. The third kappa shape index (κ3) is 3.66. The van der Waals surface area contributed by atoms with Crippen molar-refractivity contribution in [2.45, 2.75) is 6.92 Å². The van der Waals surface area contributed by atoms with E-state index in [0.717, 1.165) is 0 Å². The van der Waals surface area contributed by atoms with Crippen LogP contribution >= 0.6 is 0 Å². The molecule has 0 bridgehead atoms. The van der Waals surface area contributed by atoms with Crippen LogP contribution in [0.5, 0.6) is 0 Å². The minimum atomic E-state index is -0.638. The van der Waals surface area contributed by atoms with Crippen molar-refractivity contribution >= 4 is 28.9 Å². The summed E-state index contributed by atoms with van der Waals surface area (Å²) >= 11 is 0. The third-order valence-corrected chi connectivity index (χ3v) is 5.74. The largest absolute Gasteiger partial charge is 0.433 e. The molecule has 0 atom stereocenters. The topological polar surface area (TPSA) is 118 Å². The van der Waals surface area contributed by atoms with Crippen molar-refractivity contribution in [3.05, 3.63) is 115 Å². The Morgan fingerprint density at radius 2 is 1.66 bits per heavy atom. The normalized spacial score (nSPS) is 11.5. The van der Waals surface area contributed by atoms with Gasteiger partial charge in [0.2, 0.25) is 0 Å². The van der Waals surface area contributed by atoms with Gasteiger partial charge >= 0.3 is 5.88 Å². The molecule has 10 heteroatoms. The molecule has 2 aromatic carbocycles. The number of hydrogen-bond donors (Lipinski definition) is 0. The van der Waals surface area contributed by atoms with Crippen molar-refractivity contribution in [1.29, 1.82) is 0 Å². The van der Waals surface area contributed by atoms with Gasteiger partial charge in [0.1, 0.15) is 22.2 Å². The molecule has 174 valence electrons. The molecule has 0 aliphatic rings. The van der Waals surface area contributed by atoms with E-state index in [0.29, 0.717) is 22.3 Å². The summed E-state index contributed by atoms with van der Waals surface area (Å²) in [4.78, 5) is 42.2. The zero-order valence-electron chi connectivity index (χ0n) is 18.8. The molecule has 0 radical (unpaired) electrons. The molecule has 0 saturated heterocycles. The zero-order chi connectivity index (χ0) is 24.7. The van der Waals surface area contributed by atoms with Gasteiger partial charge in [0.25, 0.3) is 11.1 Å². The van der Waals surface area contributed by atoms with Crippen molar-refractivity contribution in [2.75, 3.05) is 0 Å². The molecular weight excluding hydrogens is 450 g/mol. The average Bonchev–Trinajstić information content (AvgIpc) is 3.42. The summed E-state index contributed by atoms with van der Waals surface area (Å²) in [7, 11) is 1.74. The third-order valence-electron chi connectivity index (χ3n) is 5.74. The number of nitrogens with zero attached hydrogens (tertiary/aromatic N) is 5. The van der Waals surface area contributed by atoms with Gasteiger partial charge in [-0.05, 0) is 49.4 Å². The number of para-hydroxylation sites is 2. The number of hydrogen-bond acceptors (Lipinski definition) is 6. The number of nitro groups is 1. The lowest BCUT2D eigenvalue weighted by atomic mass is 10.2. The van der Waals surface area contributed by atoms with E-state index in [-0.39, 0.29) is 17.3 Å². The highest BCUT2D eigenvalue weighted by molar-refractivity contribution is 5.80. The van der Waals surface area contributed by atoms with Crippen molar-refractivity contribution in [1.82, 2.24) is 18.9 Å². The molecule has 5 aromatic rings. The van der Waals surface area contributed by atoms with E-state index in [4.69, 9.17) is 4.42 Å². The smallest absolute Gasteiger partial charge is 0.401 e. The fraction of sp³-hybridized carbons (Fsp3) is 0.0800. The number of benzene rings is 2. The van der Waals surface area contributed by atoms with Crippen LogP contribution in [0.4, 0.5) is 5.88 Å². The molecule has 0 spiro atoms. The monoisotopic (exact) mass is 469 g/mol. The van der Waals surface area contributed by atoms with Crippen LogP contribution in [0, 0.1) is 17.0 Å². The number of furan rings is 1. The summed E-state index contributed by atoms with van der Waals surface area (Å²) in [6.07, 6.45) is 2.96. The van der Waals surface area contributed by atoms with Crippen LogP contribution in [0.25, 0.3) is 34.4 Å². The highest BCUT2D eigenvalue weighted by Gasteiger charge is 2.22. The molecule has 0 aliphatic carbocycles. The maximum atomic E-state index is 13.6. The van der Waals surface area contributed by atoms with Crippen LogP contribution < -0.4 is 11.1 Å². The van der Waals surface area contributed by atoms with Gasteiger partial charge in [0, 0.05) is 7.05 Å². The molecule has 0 fully saturated rings. The number of rotatable bonds is 5. The van der Waals surface area contributed by atoms with E-state index < -0.39 is 21.9 Å². The maximum absolute atomic E-state index is 13.6. The van der Waals surface area contributed by atoms with E-state index in [2.05, 4.69) is 4.98 Å². The average molecular weight is 469 g/mol. The second kappa shape index (κ2) is 8.41. The Morgan fingerprint density at radius 3 is 2.37 bits per heavy atom. The van der Waals surface area contributed by atoms with Gasteiger partial charge in [-0.15, -0.1) is 0 Å². The second-order valence-corrected chi connectivity index (χ2v) is 7.80. The number of aromatic nitrogens is 4. The predicted octanol–water partition coefficient (Wildman–Crippen LogP) is 3.86. The van der Waals surface area contributed by atoms with Gasteiger partial charge in [-0.3, -0.25) is 29.0 Å². The first kappa shape index (κ1) is 21.8. The zero-order valence-corrected chi connectivity index (χ0v) is 18.8. The first-order valence-corrected chi connectivity index (χ1v) is 10.7. The Morgan fingerprint density at radius 1 is 0.943 bits per heavy atom. The van der Waals surface area contributed by atoms with Crippen molar-refractivity contribution < 1.29 is 9.34 Å². The molecule has 5 rings (SSSR count). The molecule has 0 aliphatic heterocycles. The van der Waals surface area contributed by atoms with Gasteiger partial charge < -0.3 is 4.42 Å². The van der Waals surface area contributed by atoms with Crippen LogP contribution in [0.3, 0.4) is 0 Å². The summed E-state index contributed by atoms with van der Waals surface area (Å²) < 4.78 is 9.62. The standard InChI is InChI=1S/C25H19N5O5/c1-16-23(25(32)29(27(16)2)17-8-4-3-5-9-17)28-21(14-12-18-13-15-22(35-18)30(33)34)26-20-11-7-6-10-19(20)24(28)31/h3-15H,1-2H3/b14-12-. The Hall–Kier alpha value is -4.99. The Bertz CT molecular complexity index is 1740. The second-order valence-electron chi connectivity index (χ2n) is 7.80. The minimum Gasteiger partial charge on any atom is -0.401 e. The van der Waals surface area contributed by atoms with E-state index >= 15 is 0 Å². The lowest BCUT2D eigenvalue weighted by molar-refractivity contribution is -0.402. The summed E-state index contributed by atoms with van der Waals surface area (Å²) in [6.45, 7) is 1.75. The van der Waals surface area contributed by atoms with Gasteiger partial charge in [0.15, 0.2) is 0 Å². The van der Waals surface area contributed by atoms with Crippen LogP contribution in [-0.2, 0) is 7.05 Å². The van der Waals surface area contributed by atoms with Gasteiger partial charge in [-0.2, -0.15) is 0 Å². The SMILES string of the molecule is Cc1c(-n2c(/C=C\c3ccc([N+](=O)[O-])o3)nc3ccccc3c2=O)c(=O)n(-c2ccccc2)n1C. The van der Waals surface area contributed by atoms with Gasteiger partial charge in [0.05, 0.1) is 28.4 Å². The van der Waals surface area contributed by atoms with Gasteiger partial charge in [-0.1, -0.05) is 30.3 Å². The van der Waals surface area contributed by atoms with Crippen LogP contribution in [0.2, 0.25) is 0 Å². The highest BCUT2D eigenvalue weighted by atomic mass is 16.6. The lowest BCUT2D eigenvalue weighted by Gasteiger charge is -2.10.